The average molecular weight is 248 g/mol. The van der Waals surface area contributed by atoms with Gasteiger partial charge in [-0.05, 0) is 25.9 Å². The first kappa shape index (κ1) is 13.6. The van der Waals surface area contributed by atoms with E-state index in [2.05, 4.69) is 11.9 Å². The topological polar surface area (TPSA) is 69.6 Å². The summed E-state index contributed by atoms with van der Waals surface area (Å²) in [5.41, 5.74) is 0. The summed E-state index contributed by atoms with van der Waals surface area (Å²) in [5.74, 6) is 0. The van der Waals surface area contributed by atoms with Crippen LogP contribution in [0.15, 0.2) is 12.7 Å². The fraction of sp³-hybridized carbons (Fsp3) is 0.800. The molecule has 1 saturated heterocycles. The molecule has 16 heavy (non-hydrogen) atoms. The van der Waals surface area contributed by atoms with Crippen LogP contribution in [0.4, 0.5) is 0 Å². The molecule has 1 heterocycles. The molecule has 0 bridgehead atoms. The number of rotatable bonds is 6. The van der Waals surface area contributed by atoms with Crippen molar-refractivity contribution in [2.24, 2.45) is 0 Å². The fourth-order valence-corrected chi connectivity index (χ4v) is 3.78. The molecule has 5 nitrogen and oxygen atoms in total. The number of hydrogen-bond donors (Lipinski definition) is 2. The third-order valence-electron chi connectivity index (χ3n) is 2.75. The number of piperidine rings is 1. The average Bonchev–Trinajstić information content (AvgIpc) is 2.30. The molecule has 1 rings (SSSR count). The van der Waals surface area contributed by atoms with Gasteiger partial charge in [-0.15, -0.1) is 6.58 Å². The van der Waals surface area contributed by atoms with E-state index < -0.39 is 10.0 Å². The fourth-order valence-electron chi connectivity index (χ4n) is 1.88. The lowest BCUT2D eigenvalue weighted by Gasteiger charge is -2.28. The lowest BCUT2D eigenvalue weighted by atomic mass is 10.2. The van der Waals surface area contributed by atoms with Crippen molar-refractivity contribution in [3.63, 3.8) is 0 Å². The third kappa shape index (κ3) is 3.28. The van der Waals surface area contributed by atoms with E-state index in [0.717, 1.165) is 13.1 Å². The standard InChI is InChI=1S/C10H20N2O3S/c1-2-7-12(8-9-13)16(14,15)10-3-5-11-6-4-10/h2,10-11,13H,1,3-9H2. The van der Waals surface area contributed by atoms with Crippen LogP contribution in [-0.4, -0.2) is 55.9 Å². The Balaban J connectivity index is 2.74. The molecule has 0 aromatic rings. The van der Waals surface area contributed by atoms with Crippen molar-refractivity contribution in [2.45, 2.75) is 18.1 Å². The second-order valence-corrected chi connectivity index (χ2v) is 6.08. The highest BCUT2D eigenvalue weighted by molar-refractivity contribution is 7.89. The summed E-state index contributed by atoms with van der Waals surface area (Å²) in [7, 11) is -3.29. The monoisotopic (exact) mass is 248 g/mol. The van der Waals surface area contributed by atoms with Crippen LogP contribution in [0.1, 0.15) is 12.8 Å². The van der Waals surface area contributed by atoms with Crippen molar-refractivity contribution < 1.29 is 13.5 Å². The number of sulfonamides is 1. The lowest BCUT2D eigenvalue weighted by Crippen LogP contribution is -2.44. The van der Waals surface area contributed by atoms with E-state index in [1.165, 1.54) is 4.31 Å². The Bertz CT molecular complexity index is 310. The molecule has 94 valence electrons. The minimum absolute atomic E-state index is 0.151. The second-order valence-electron chi connectivity index (χ2n) is 3.86. The van der Waals surface area contributed by atoms with Crippen molar-refractivity contribution in [2.75, 3.05) is 32.8 Å². The predicted octanol–water partition coefficient (Wildman–Crippen LogP) is -0.451. The summed E-state index contributed by atoms with van der Waals surface area (Å²) in [5, 5.41) is 11.7. The van der Waals surface area contributed by atoms with Gasteiger partial charge < -0.3 is 10.4 Å². The highest BCUT2D eigenvalue weighted by Crippen LogP contribution is 2.17. The van der Waals surface area contributed by atoms with Gasteiger partial charge in [-0.25, -0.2) is 8.42 Å². The van der Waals surface area contributed by atoms with E-state index in [1.807, 2.05) is 0 Å². The molecule has 0 saturated carbocycles. The van der Waals surface area contributed by atoms with E-state index >= 15 is 0 Å². The molecule has 0 amide bonds. The van der Waals surface area contributed by atoms with Gasteiger partial charge >= 0.3 is 0 Å². The number of nitrogens with one attached hydrogen (secondary N) is 1. The Morgan fingerprint density at radius 1 is 1.44 bits per heavy atom. The first-order chi connectivity index (χ1) is 7.62. The van der Waals surface area contributed by atoms with Gasteiger partial charge in [-0.3, -0.25) is 0 Å². The van der Waals surface area contributed by atoms with Gasteiger partial charge in [0.15, 0.2) is 0 Å². The minimum Gasteiger partial charge on any atom is -0.395 e. The highest BCUT2D eigenvalue weighted by Gasteiger charge is 2.31. The Morgan fingerprint density at radius 3 is 2.56 bits per heavy atom. The molecule has 0 unspecified atom stereocenters. The molecule has 0 aromatic heterocycles. The zero-order valence-electron chi connectivity index (χ0n) is 9.43. The number of nitrogens with zero attached hydrogens (tertiary/aromatic N) is 1. The van der Waals surface area contributed by atoms with Gasteiger partial charge in [-0.2, -0.15) is 4.31 Å². The van der Waals surface area contributed by atoms with Crippen LogP contribution in [0, 0.1) is 0 Å². The summed E-state index contributed by atoms with van der Waals surface area (Å²) in [6.45, 7) is 5.29. The van der Waals surface area contributed by atoms with Crippen LogP contribution in [-0.2, 0) is 10.0 Å². The van der Waals surface area contributed by atoms with Gasteiger partial charge in [0.2, 0.25) is 10.0 Å². The highest BCUT2D eigenvalue weighted by atomic mass is 32.2. The van der Waals surface area contributed by atoms with Crippen molar-refractivity contribution in [3.8, 4) is 0 Å². The Kier molecular flexibility index (Phi) is 5.40. The summed E-state index contributed by atoms with van der Waals surface area (Å²) in [6.07, 6.45) is 2.83. The van der Waals surface area contributed by atoms with Crippen molar-refractivity contribution in [1.82, 2.24) is 9.62 Å². The van der Waals surface area contributed by atoms with E-state index in [1.54, 1.807) is 6.08 Å². The zero-order chi connectivity index (χ0) is 12.0. The molecular formula is C10H20N2O3S. The molecule has 0 atom stereocenters. The SMILES string of the molecule is C=CCN(CCO)S(=O)(=O)C1CCNCC1. The van der Waals surface area contributed by atoms with E-state index in [4.69, 9.17) is 5.11 Å². The van der Waals surface area contributed by atoms with E-state index in [-0.39, 0.29) is 24.9 Å². The van der Waals surface area contributed by atoms with Crippen LogP contribution in [0.2, 0.25) is 0 Å². The van der Waals surface area contributed by atoms with E-state index in [9.17, 15) is 8.42 Å². The summed E-state index contributed by atoms with van der Waals surface area (Å²) in [4.78, 5) is 0. The quantitative estimate of drug-likeness (QED) is 0.625. The smallest absolute Gasteiger partial charge is 0.217 e. The van der Waals surface area contributed by atoms with Gasteiger partial charge in [0.1, 0.15) is 0 Å². The van der Waals surface area contributed by atoms with Gasteiger partial charge in [-0.1, -0.05) is 6.08 Å². The normalized spacial score (nSPS) is 18.9. The molecule has 0 aliphatic carbocycles. The zero-order valence-corrected chi connectivity index (χ0v) is 10.2. The maximum atomic E-state index is 12.2. The summed E-state index contributed by atoms with van der Waals surface area (Å²) < 4.78 is 25.7. The molecule has 2 N–H and O–H groups in total. The molecule has 0 radical (unpaired) electrons. The summed E-state index contributed by atoms with van der Waals surface area (Å²) in [6, 6.07) is 0. The molecule has 0 aromatic carbocycles. The minimum atomic E-state index is -3.29. The number of hydrogen-bond acceptors (Lipinski definition) is 4. The first-order valence-electron chi connectivity index (χ1n) is 5.54. The van der Waals surface area contributed by atoms with Crippen LogP contribution < -0.4 is 5.32 Å². The molecule has 6 heteroatoms. The second kappa shape index (κ2) is 6.34. The molecule has 1 fully saturated rings. The third-order valence-corrected chi connectivity index (χ3v) is 5.11. The lowest BCUT2D eigenvalue weighted by molar-refractivity contribution is 0.258. The largest absolute Gasteiger partial charge is 0.395 e. The van der Waals surface area contributed by atoms with E-state index in [0.29, 0.717) is 12.8 Å². The Hall–Kier alpha value is -0.430. The Morgan fingerprint density at radius 2 is 2.06 bits per heavy atom. The number of aliphatic hydroxyl groups excluding tert-OH is 1. The molecule has 1 aliphatic heterocycles. The molecule has 1 aliphatic rings. The van der Waals surface area contributed by atoms with Crippen molar-refractivity contribution >= 4 is 10.0 Å². The van der Waals surface area contributed by atoms with Gasteiger partial charge in [0.05, 0.1) is 11.9 Å². The molecular weight excluding hydrogens is 228 g/mol. The van der Waals surface area contributed by atoms with Crippen LogP contribution >= 0.6 is 0 Å². The van der Waals surface area contributed by atoms with Crippen molar-refractivity contribution in [1.29, 1.82) is 0 Å². The number of aliphatic hydroxyl groups is 1. The first-order valence-corrected chi connectivity index (χ1v) is 7.04. The maximum absolute atomic E-state index is 12.2. The Labute approximate surface area is 97.2 Å². The van der Waals surface area contributed by atoms with Crippen LogP contribution in [0.5, 0.6) is 0 Å². The van der Waals surface area contributed by atoms with Crippen molar-refractivity contribution in [3.05, 3.63) is 12.7 Å². The maximum Gasteiger partial charge on any atom is 0.217 e. The van der Waals surface area contributed by atoms with Crippen LogP contribution in [0.3, 0.4) is 0 Å². The van der Waals surface area contributed by atoms with Gasteiger partial charge in [0, 0.05) is 13.1 Å². The van der Waals surface area contributed by atoms with Gasteiger partial charge in [0.25, 0.3) is 0 Å². The predicted molar refractivity (Wildman–Crippen MR) is 63.7 cm³/mol. The van der Waals surface area contributed by atoms with Crippen LogP contribution in [0.25, 0.3) is 0 Å². The molecule has 0 spiro atoms. The summed E-state index contributed by atoms with van der Waals surface area (Å²) >= 11 is 0.